The lowest BCUT2D eigenvalue weighted by Crippen LogP contribution is -2.60. The van der Waals surface area contributed by atoms with E-state index in [0.29, 0.717) is 63.8 Å². The van der Waals surface area contributed by atoms with Gasteiger partial charge in [-0.25, -0.2) is 14.8 Å². The number of carboxylic acid groups (broad SMARTS) is 1. The second-order valence-electron chi connectivity index (χ2n) is 9.81. The van der Waals surface area contributed by atoms with Crippen molar-refractivity contribution in [2.24, 2.45) is 0 Å². The minimum Gasteiger partial charge on any atom is -0.465 e. The van der Waals surface area contributed by atoms with Crippen molar-refractivity contribution in [2.75, 3.05) is 18.4 Å². The molecule has 1 aliphatic carbocycles. The van der Waals surface area contributed by atoms with Crippen LogP contribution >= 0.6 is 11.3 Å². The molecule has 2 fully saturated rings. The van der Waals surface area contributed by atoms with Crippen molar-refractivity contribution < 1.29 is 19.5 Å². The fourth-order valence-corrected chi connectivity index (χ4v) is 6.56. The van der Waals surface area contributed by atoms with Crippen LogP contribution in [0.2, 0.25) is 0 Å². The Morgan fingerprint density at radius 2 is 1.92 bits per heavy atom. The van der Waals surface area contributed by atoms with Crippen LogP contribution in [0.5, 0.6) is 0 Å². The smallest absolute Gasteiger partial charge is 0.405 e. The van der Waals surface area contributed by atoms with Crippen molar-refractivity contribution in [1.82, 2.24) is 30.1 Å². The summed E-state index contributed by atoms with van der Waals surface area (Å²) in [5, 5.41) is 18.0. The van der Waals surface area contributed by atoms with Crippen molar-refractivity contribution in [3.8, 4) is 0 Å². The topological polar surface area (TPSA) is 159 Å². The molecule has 37 heavy (non-hydrogen) atoms. The molecular formula is C24H25N7O5S. The normalized spacial score (nSPS) is 18.4. The van der Waals surface area contributed by atoms with E-state index in [0.717, 1.165) is 19.3 Å². The molecule has 0 atom stereocenters. The van der Waals surface area contributed by atoms with E-state index in [9.17, 15) is 19.2 Å². The zero-order chi connectivity index (χ0) is 25.9. The molecule has 3 aliphatic rings. The monoisotopic (exact) mass is 523 g/mol. The molecule has 3 amide bonds. The number of carbonyl (C=O) groups excluding carboxylic acids is 2. The summed E-state index contributed by atoms with van der Waals surface area (Å²) >= 11 is 1.21. The summed E-state index contributed by atoms with van der Waals surface area (Å²) in [6, 6.07) is 3.07. The third-order valence-corrected chi connectivity index (χ3v) is 8.38. The molecule has 3 aromatic rings. The van der Waals surface area contributed by atoms with Crippen molar-refractivity contribution in [1.29, 1.82) is 0 Å². The van der Waals surface area contributed by atoms with Crippen molar-refractivity contribution in [3.05, 3.63) is 44.9 Å². The summed E-state index contributed by atoms with van der Waals surface area (Å²) in [4.78, 5) is 61.4. The summed E-state index contributed by atoms with van der Waals surface area (Å²) < 4.78 is 1.62. The van der Waals surface area contributed by atoms with Gasteiger partial charge in [0.2, 0.25) is 0 Å². The van der Waals surface area contributed by atoms with Gasteiger partial charge in [0.25, 0.3) is 17.4 Å². The molecule has 4 N–H and O–H groups in total. The maximum absolute atomic E-state index is 13.7. The Morgan fingerprint density at radius 3 is 2.65 bits per heavy atom. The van der Waals surface area contributed by atoms with Gasteiger partial charge in [-0.2, -0.15) is 0 Å². The Labute approximate surface area is 214 Å². The Kier molecular flexibility index (Phi) is 5.40. The van der Waals surface area contributed by atoms with Gasteiger partial charge in [-0.3, -0.25) is 19.0 Å². The molecule has 0 bridgehead atoms. The predicted octanol–water partition coefficient (Wildman–Crippen LogP) is 2.36. The first-order valence-corrected chi connectivity index (χ1v) is 13.0. The average Bonchev–Trinajstić information content (AvgIpc) is 3.39. The van der Waals surface area contributed by atoms with Crippen molar-refractivity contribution in [3.63, 3.8) is 0 Å². The molecule has 0 radical (unpaired) electrons. The second-order valence-corrected chi connectivity index (χ2v) is 10.8. The number of thiophene rings is 1. The standard InChI is InChI=1S/C24H25N7O5S/c1-12-7-15(21(33)31-17(12)19(32)29-24(31)5-3-2-4-6-24)28-18-14-8-16(37-20(14)26-11-25-18)22(34)30-9-13(10-30)27-23(35)36/h7-8,11,13,27H,2-6,9-10H2,1H3,(H,29,32)(H,35,36)(H,25,26,28). The maximum atomic E-state index is 13.7. The molecule has 2 aliphatic heterocycles. The van der Waals surface area contributed by atoms with E-state index in [1.54, 1.807) is 21.6 Å². The van der Waals surface area contributed by atoms with E-state index in [1.807, 2.05) is 6.92 Å². The van der Waals surface area contributed by atoms with Gasteiger partial charge >= 0.3 is 6.09 Å². The van der Waals surface area contributed by atoms with Crippen LogP contribution in [0.3, 0.4) is 0 Å². The quantitative estimate of drug-likeness (QED) is 0.406. The third kappa shape index (κ3) is 3.80. The molecule has 6 rings (SSSR count). The zero-order valence-corrected chi connectivity index (χ0v) is 20.9. The number of fused-ring (bicyclic) bond motifs is 3. The average molecular weight is 524 g/mol. The highest BCUT2D eigenvalue weighted by atomic mass is 32.1. The molecule has 192 valence electrons. The van der Waals surface area contributed by atoms with Crippen molar-refractivity contribution in [2.45, 2.75) is 50.7 Å². The van der Waals surface area contributed by atoms with E-state index < -0.39 is 11.8 Å². The summed E-state index contributed by atoms with van der Waals surface area (Å²) in [7, 11) is 0. The molecule has 1 saturated heterocycles. The number of hydrogen-bond acceptors (Lipinski definition) is 8. The number of aryl methyl sites for hydroxylation is 1. The van der Waals surface area contributed by atoms with Crippen LogP contribution in [0.15, 0.2) is 23.3 Å². The number of hydrogen-bond donors (Lipinski definition) is 4. The lowest BCUT2D eigenvalue weighted by Gasteiger charge is -2.38. The summed E-state index contributed by atoms with van der Waals surface area (Å²) in [6.07, 6.45) is 4.62. The van der Waals surface area contributed by atoms with Crippen LogP contribution < -0.4 is 21.5 Å². The van der Waals surface area contributed by atoms with Crippen LogP contribution in [-0.4, -0.2) is 61.6 Å². The fourth-order valence-electron chi connectivity index (χ4n) is 5.59. The molecule has 5 heterocycles. The summed E-state index contributed by atoms with van der Waals surface area (Å²) in [6.45, 7) is 2.42. The molecular weight excluding hydrogens is 498 g/mol. The highest BCUT2D eigenvalue weighted by molar-refractivity contribution is 7.20. The second kappa shape index (κ2) is 8.54. The molecule has 0 unspecified atom stereocenters. The van der Waals surface area contributed by atoms with Gasteiger partial charge < -0.3 is 26.0 Å². The molecule has 1 saturated carbocycles. The first kappa shape index (κ1) is 23.4. The molecule has 13 heteroatoms. The SMILES string of the molecule is Cc1cc(Nc2ncnc3sc(C(=O)N4CC(NC(=O)O)C4)cc23)c(=O)n2c1C(=O)NC21CCCCC1. The van der Waals surface area contributed by atoms with Crippen LogP contribution in [-0.2, 0) is 5.66 Å². The van der Waals surface area contributed by atoms with Gasteiger partial charge in [0.15, 0.2) is 0 Å². The number of pyridine rings is 1. The minimum atomic E-state index is -1.11. The van der Waals surface area contributed by atoms with Gasteiger partial charge in [-0.1, -0.05) is 6.42 Å². The Morgan fingerprint density at radius 1 is 1.16 bits per heavy atom. The number of amides is 3. The van der Waals surface area contributed by atoms with Crippen LogP contribution in [0.1, 0.15) is 57.8 Å². The van der Waals surface area contributed by atoms with E-state index in [1.165, 1.54) is 17.7 Å². The van der Waals surface area contributed by atoms with E-state index in [4.69, 9.17) is 5.11 Å². The predicted molar refractivity (Wildman–Crippen MR) is 136 cm³/mol. The fraction of sp³-hybridized carbons (Fsp3) is 0.417. The number of likely N-dealkylation sites (tertiary alicyclic amines) is 1. The first-order valence-electron chi connectivity index (χ1n) is 12.2. The third-order valence-electron chi connectivity index (χ3n) is 7.35. The van der Waals surface area contributed by atoms with Crippen LogP contribution in [0, 0.1) is 6.92 Å². The summed E-state index contributed by atoms with van der Waals surface area (Å²) in [5.41, 5.74) is 0.399. The number of anilines is 2. The van der Waals surface area contributed by atoms with Gasteiger partial charge in [0.1, 0.15) is 34.0 Å². The largest absolute Gasteiger partial charge is 0.465 e. The Bertz CT molecular complexity index is 1520. The molecule has 0 aromatic carbocycles. The van der Waals surface area contributed by atoms with Gasteiger partial charge in [-0.15, -0.1) is 11.3 Å². The Hall–Kier alpha value is -4.00. The highest BCUT2D eigenvalue weighted by Gasteiger charge is 2.45. The lowest BCUT2D eigenvalue weighted by atomic mass is 9.89. The number of nitrogens with one attached hydrogen (secondary N) is 3. The van der Waals surface area contributed by atoms with Gasteiger partial charge in [0.05, 0.1) is 16.3 Å². The van der Waals surface area contributed by atoms with Gasteiger partial charge in [-0.05, 0) is 50.3 Å². The minimum absolute atomic E-state index is 0.213. The zero-order valence-electron chi connectivity index (χ0n) is 20.0. The number of carbonyl (C=O) groups is 3. The summed E-state index contributed by atoms with van der Waals surface area (Å²) in [5.74, 6) is -0.0451. The molecule has 1 spiro atoms. The first-order chi connectivity index (χ1) is 17.8. The lowest BCUT2D eigenvalue weighted by molar-refractivity contribution is 0.0569. The maximum Gasteiger partial charge on any atom is 0.405 e. The molecule has 12 nitrogen and oxygen atoms in total. The number of aromatic nitrogens is 3. The molecule has 3 aromatic heterocycles. The number of rotatable bonds is 4. The van der Waals surface area contributed by atoms with E-state index in [2.05, 4.69) is 25.9 Å². The van der Waals surface area contributed by atoms with Crippen LogP contribution in [0.25, 0.3) is 10.2 Å². The van der Waals surface area contributed by atoms with Crippen LogP contribution in [0.4, 0.5) is 16.3 Å². The van der Waals surface area contributed by atoms with E-state index in [-0.39, 0.29) is 23.4 Å². The Balaban J connectivity index is 1.32. The highest BCUT2D eigenvalue weighted by Crippen LogP contribution is 2.38. The van der Waals surface area contributed by atoms with E-state index >= 15 is 0 Å². The van der Waals surface area contributed by atoms with Gasteiger partial charge in [0, 0.05) is 13.1 Å². The number of nitrogens with zero attached hydrogens (tertiary/aromatic N) is 4. The van der Waals surface area contributed by atoms with Crippen molar-refractivity contribution >= 4 is 51.0 Å².